The van der Waals surface area contributed by atoms with Crippen molar-refractivity contribution in [2.24, 2.45) is 0 Å². The first-order valence-electron chi connectivity index (χ1n) is 12.0. The van der Waals surface area contributed by atoms with Gasteiger partial charge in [-0.05, 0) is 75.4 Å². The van der Waals surface area contributed by atoms with E-state index in [9.17, 15) is 5.11 Å². The topological polar surface area (TPSA) is 86.2 Å². The highest BCUT2D eigenvalue weighted by Gasteiger charge is 2.22. The van der Waals surface area contributed by atoms with Crippen LogP contribution in [0, 0.1) is 0 Å². The summed E-state index contributed by atoms with van der Waals surface area (Å²) in [5.41, 5.74) is 3.94. The Morgan fingerprint density at radius 1 is 0.909 bits per heavy atom. The fourth-order valence-corrected chi connectivity index (χ4v) is 4.68. The Morgan fingerprint density at radius 3 is 2.42 bits per heavy atom. The lowest BCUT2D eigenvalue weighted by atomic mass is 9.93. The van der Waals surface area contributed by atoms with E-state index in [4.69, 9.17) is 9.97 Å². The average Bonchev–Trinajstić information content (AvgIpc) is 3.35. The van der Waals surface area contributed by atoms with Gasteiger partial charge in [0.25, 0.3) is 0 Å². The second-order valence-corrected chi connectivity index (χ2v) is 9.13. The quantitative estimate of drug-likeness (QED) is 0.491. The SMILES string of the molecule is OC1CCC(Nc2nc(Nc3ccccc3)ncc2-c2ccc(CN3CCCC3)cn2)CC1. The van der Waals surface area contributed by atoms with Crippen molar-refractivity contribution in [3.05, 3.63) is 60.4 Å². The molecule has 2 aromatic heterocycles. The number of anilines is 3. The first-order valence-corrected chi connectivity index (χ1v) is 12.0. The molecule has 2 aliphatic rings. The molecule has 5 rings (SSSR count). The normalized spacial score (nSPS) is 21.1. The monoisotopic (exact) mass is 444 g/mol. The van der Waals surface area contributed by atoms with Gasteiger partial charge in [-0.25, -0.2) is 4.98 Å². The van der Waals surface area contributed by atoms with Crippen molar-refractivity contribution in [1.82, 2.24) is 19.9 Å². The van der Waals surface area contributed by atoms with Crippen LogP contribution in [-0.4, -0.2) is 50.2 Å². The lowest BCUT2D eigenvalue weighted by molar-refractivity contribution is 0.126. The first-order chi connectivity index (χ1) is 16.2. The third kappa shape index (κ3) is 5.67. The summed E-state index contributed by atoms with van der Waals surface area (Å²) in [4.78, 5) is 16.6. The summed E-state index contributed by atoms with van der Waals surface area (Å²) < 4.78 is 0. The van der Waals surface area contributed by atoms with E-state index >= 15 is 0 Å². The van der Waals surface area contributed by atoms with Crippen LogP contribution in [0.4, 0.5) is 17.5 Å². The van der Waals surface area contributed by atoms with E-state index in [-0.39, 0.29) is 12.1 Å². The van der Waals surface area contributed by atoms with E-state index in [1.54, 1.807) is 0 Å². The van der Waals surface area contributed by atoms with E-state index in [0.29, 0.717) is 5.95 Å². The van der Waals surface area contributed by atoms with Crippen LogP contribution < -0.4 is 10.6 Å². The Hall–Kier alpha value is -3.03. The van der Waals surface area contributed by atoms with Crippen LogP contribution >= 0.6 is 0 Å². The summed E-state index contributed by atoms with van der Waals surface area (Å²) in [6.45, 7) is 3.31. The van der Waals surface area contributed by atoms with Gasteiger partial charge >= 0.3 is 0 Å². The molecule has 0 bridgehead atoms. The van der Waals surface area contributed by atoms with Crippen LogP contribution in [0.3, 0.4) is 0 Å². The van der Waals surface area contributed by atoms with Crippen molar-refractivity contribution < 1.29 is 5.11 Å². The summed E-state index contributed by atoms with van der Waals surface area (Å²) in [7, 11) is 0. The number of likely N-dealkylation sites (tertiary alicyclic amines) is 1. The van der Waals surface area contributed by atoms with Crippen molar-refractivity contribution in [3.63, 3.8) is 0 Å². The fraction of sp³-hybridized carbons (Fsp3) is 0.423. The third-order valence-corrected chi connectivity index (χ3v) is 6.56. The molecule has 3 N–H and O–H groups in total. The minimum absolute atomic E-state index is 0.187. The van der Waals surface area contributed by atoms with Gasteiger partial charge in [0.1, 0.15) is 5.82 Å². The van der Waals surface area contributed by atoms with Crippen molar-refractivity contribution in [2.45, 2.75) is 57.2 Å². The molecule has 1 saturated carbocycles. The van der Waals surface area contributed by atoms with Gasteiger partial charge < -0.3 is 15.7 Å². The first kappa shape index (κ1) is 21.8. The lowest BCUT2D eigenvalue weighted by Gasteiger charge is -2.27. The number of benzene rings is 1. The molecule has 0 amide bonds. The van der Waals surface area contributed by atoms with Crippen LogP contribution in [-0.2, 0) is 6.54 Å². The average molecular weight is 445 g/mol. The third-order valence-electron chi connectivity index (χ3n) is 6.56. The zero-order valence-corrected chi connectivity index (χ0v) is 19.0. The summed E-state index contributed by atoms with van der Waals surface area (Å²) in [5.74, 6) is 1.33. The molecule has 0 atom stereocenters. The number of para-hydroxylation sites is 1. The van der Waals surface area contributed by atoms with Gasteiger partial charge in [0.2, 0.25) is 5.95 Å². The number of nitrogens with zero attached hydrogens (tertiary/aromatic N) is 4. The van der Waals surface area contributed by atoms with E-state index in [2.05, 4.69) is 32.7 Å². The molecule has 172 valence electrons. The van der Waals surface area contributed by atoms with Crippen molar-refractivity contribution in [2.75, 3.05) is 23.7 Å². The highest BCUT2D eigenvalue weighted by atomic mass is 16.3. The van der Waals surface area contributed by atoms with Gasteiger partial charge in [-0.15, -0.1) is 0 Å². The molecule has 2 fully saturated rings. The van der Waals surface area contributed by atoms with Gasteiger partial charge in [0, 0.05) is 30.7 Å². The Labute approximate surface area is 195 Å². The van der Waals surface area contributed by atoms with Crippen LogP contribution in [0.15, 0.2) is 54.9 Å². The van der Waals surface area contributed by atoms with E-state index in [1.165, 1.54) is 31.5 Å². The van der Waals surface area contributed by atoms with E-state index in [0.717, 1.165) is 55.0 Å². The lowest BCUT2D eigenvalue weighted by Crippen LogP contribution is -2.29. The molecular weight excluding hydrogens is 412 g/mol. The Balaban J connectivity index is 1.38. The van der Waals surface area contributed by atoms with Crippen LogP contribution in [0.2, 0.25) is 0 Å². The number of aliphatic hydroxyl groups excluding tert-OH is 1. The molecule has 3 aromatic rings. The van der Waals surface area contributed by atoms with Gasteiger partial charge in [-0.1, -0.05) is 24.3 Å². The Bertz CT molecular complexity index is 1030. The van der Waals surface area contributed by atoms with Gasteiger partial charge in [-0.2, -0.15) is 4.98 Å². The van der Waals surface area contributed by atoms with Crippen molar-refractivity contribution in [1.29, 1.82) is 0 Å². The van der Waals surface area contributed by atoms with E-state index < -0.39 is 0 Å². The van der Waals surface area contributed by atoms with Crippen LogP contribution in [0.25, 0.3) is 11.3 Å². The van der Waals surface area contributed by atoms with Crippen LogP contribution in [0.1, 0.15) is 44.1 Å². The molecule has 33 heavy (non-hydrogen) atoms. The molecule has 1 aromatic carbocycles. The number of hydrogen-bond acceptors (Lipinski definition) is 7. The molecule has 3 heterocycles. The standard InChI is InChI=1S/C26H32N6O/c33-22-11-9-21(10-12-22)29-25-23(17-28-26(31-25)30-20-6-2-1-3-7-20)24-13-8-19(16-27-24)18-32-14-4-5-15-32/h1-3,6-8,13,16-17,21-22,33H,4-5,9-12,14-15,18H2,(H2,28,29,30,31). The van der Waals surface area contributed by atoms with Crippen molar-refractivity contribution in [3.8, 4) is 11.3 Å². The highest BCUT2D eigenvalue weighted by molar-refractivity contribution is 5.73. The zero-order chi connectivity index (χ0) is 22.5. The molecule has 1 aliphatic carbocycles. The van der Waals surface area contributed by atoms with Crippen LogP contribution in [0.5, 0.6) is 0 Å². The number of aliphatic hydroxyl groups is 1. The maximum absolute atomic E-state index is 9.88. The molecule has 7 heteroatoms. The number of hydrogen-bond donors (Lipinski definition) is 3. The molecular formula is C26H32N6O. The number of aromatic nitrogens is 3. The molecule has 7 nitrogen and oxygen atoms in total. The number of rotatable bonds is 7. The molecule has 1 saturated heterocycles. The summed E-state index contributed by atoms with van der Waals surface area (Å²) in [5, 5.41) is 16.8. The smallest absolute Gasteiger partial charge is 0.229 e. The summed E-state index contributed by atoms with van der Waals surface area (Å²) in [6, 6.07) is 14.5. The Kier molecular flexibility index (Phi) is 6.79. The van der Waals surface area contributed by atoms with Gasteiger partial charge in [0.15, 0.2) is 0 Å². The minimum Gasteiger partial charge on any atom is -0.393 e. The predicted octanol–water partition coefficient (Wildman–Crippen LogP) is 4.59. The summed E-state index contributed by atoms with van der Waals surface area (Å²) in [6.07, 6.45) is 9.70. The predicted molar refractivity (Wildman–Crippen MR) is 131 cm³/mol. The van der Waals surface area contributed by atoms with Crippen molar-refractivity contribution >= 4 is 17.5 Å². The minimum atomic E-state index is -0.187. The highest BCUT2D eigenvalue weighted by Crippen LogP contribution is 2.29. The molecule has 1 aliphatic heterocycles. The zero-order valence-electron chi connectivity index (χ0n) is 19.0. The fourth-order valence-electron chi connectivity index (χ4n) is 4.68. The van der Waals surface area contributed by atoms with E-state index in [1.807, 2.05) is 42.7 Å². The van der Waals surface area contributed by atoms with Gasteiger partial charge in [-0.3, -0.25) is 9.88 Å². The maximum Gasteiger partial charge on any atom is 0.229 e. The number of pyridine rings is 1. The second kappa shape index (κ2) is 10.3. The van der Waals surface area contributed by atoms with Gasteiger partial charge in [0.05, 0.1) is 17.4 Å². The molecule has 0 radical (unpaired) electrons. The molecule has 0 unspecified atom stereocenters. The second-order valence-electron chi connectivity index (χ2n) is 9.13. The summed E-state index contributed by atoms with van der Waals surface area (Å²) >= 11 is 0. The molecule has 0 spiro atoms. The number of nitrogens with one attached hydrogen (secondary N) is 2. The largest absolute Gasteiger partial charge is 0.393 e. The maximum atomic E-state index is 9.88. The Morgan fingerprint density at radius 2 is 1.70 bits per heavy atom.